The number of unbranched alkanes of at least 4 members (excludes halogenated alkanes) is 1. The van der Waals surface area contributed by atoms with Gasteiger partial charge in [0.2, 0.25) is 0 Å². The molecule has 0 amide bonds. The molecule has 1 fully saturated rings. The van der Waals surface area contributed by atoms with Crippen LogP contribution < -0.4 is 0 Å². The third-order valence-corrected chi connectivity index (χ3v) is 3.83. The fourth-order valence-corrected chi connectivity index (χ4v) is 2.75. The molecule has 1 aliphatic heterocycles. The Morgan fingerprint density at radius 3 is 2.67 bits per heavy atom. The predicted octanol–water partition coefficient (Wildman–Crippen LogP) is 3.47. The van der Waals surface area contributed by atoms with Crippen LogP contribution in [0.1, 0.15) is 39.2 Å². The Bertz CT molecular complexity index is 361. The molecule has 1 saturated heterocycles. The van der Waals surface area contributed by atoms with Crippen molar-refractivity contribution in [3.05, 3.63) is 35.9 Å². The molecule has 100 valence electrons. The summed E-state index contributed by atoms with van der Waals surface area (Å²) in [5.74, 6) is 0. The Balaban J connectivity index is 2.03. The van der Waals surface area contributed by atoms with Gasteiger partial charge in [0.1, 0.15) is 5.72 Å². The van der Waals surface area contributed by atoms with Crippen LogP contribution in [0.2, 0.25) is 0 Å². The first-order valence-corrected chi connectivity index (χ1v) is 7.08. The van der Waals surface area contributed by atoms with Gasteiger partial charge in [-0.25, -0.2) is 0 Å². The molecule has 0 aromatic heterocycles. The van der Waals surface area contributed by atoms with Crippen LogP contribution in [0.5, 0.6) is 0 Å². The van der Waals surface area contributed by atoms with E-state index < -0.39 is 0 Å². The Labute approximate surface area is 111 Å². The third-order valence-electron chi connectivity index (χ3n) is 3.83. The van der Waals surface area contributed by atoms with Crippen molar-refractivity contribution in [2.45, 2.75) is 51.8 Å². The maximum absolute atomic E-state index is 5.96. The Hall–Kier alpha value is -0.860. The van der Waals surface area contributed by atoms with Crippen molar-refractivity contribution < 1.29 is 4.74 Å². The monoisotopic (exact) mass is 247 g/mol. The molecule has 1 unspecified atom stereocenters. The number of ether oxygens (including phenoxy) is 1. The van der Waals surface area contributed by atoms with Crippen LogP contribution in [0, 0.1) is 0 Å². The molecular formula is C16H25NO. The van der Waals surface area contributed by atoms with E-state index in [2.05, 4.69) is 56.0 Å². The first-order valence-electron chi connectivity index (χ1n) is 7.08. The minimum Gasteiger partial charge on any atom is -0.359 e. The lowest BCUT2D eigenvalue weighted by atomic mass is 10.0. The molecule has 0 spiro atoms. The van der Waals surface area contributed by atoms with Crippen LogP contribution in [0.25, 0.3) is 0 Å². The first-order chi connectivity index (χ1) is 8.63. The van der Waals surface area contributed by atoms with E-state index in [1.807, 2.05) is 0 Å². The summed E-state index contributed by atoms with van der Waals surface area (Å²) >= 11 is 0. The zero-order chi connectivity index (χ0) is 13.0. The van der Waals surface area contributed by atoms with Crippen molar-refractivity contribution in [2.75, 3.05) is 13.2 Å². The molecule has 1 atom stereocenters. The summed E-state index contributed by atoms with van der Waals surface area (Å²) in [5.41, 5.74) is 1.31. The number of benzene rings is 1. The SMILES string of the molecule is CCCCN1C(Cc2ccccc2)COC1(C)C. The number of nitrogens with zero attached hydrogens (tertiary/aromatic N) is 1. The van der Waals surface area contributed by atoms with Crippen LogP contribution in [0.4, 0.5) is 0 Å². The smallest absolute Gasteiger partial charge is 0.116 e. The molecular weight excluding hydrogens is 222 g/mol. The van der Waals surface area contributed by atoms with Crippen molar-refractivity contribution in [3.63, 3.8) is 0 Å². The van der Waals surface area contributed by atoms with E-state index in [1.165, 1.54) is 18.4 Å². The normalized spacial score (nSPS) is 23.4. The van der Waals surface area contributed by atoms with Gasteiger partial charge in [-0.05, 0) is 32.3 Å². The van der Waals surface area contributed by atoms with Gasteiger partial charge in [0.05, 0.1) is 6.61 Å². The highest BCUT2D eigenvalue weighted by Gasteiger charge is 2.39. The van der Waals surface area contributed by atoms with Crippen LogP contribution >= 0.6 is 0 Å². The topological polar surface area (TPSA) is 12.5 Å². The van der Waals surface area contributed by atoms with Crippen LogP contribution in [0.15, 0.2) is 30.3 Å². The van der Waals surface area contributed by atoms with Crippen LogP contribution in [-0.2, 0) is 11.2 Å². The van der Waals surface area contributed by atoms with Gasteiger partial charge in [-0.2, -0.15) is 0 Å². The molecule has 2 nitrogen and oxygen atoms in total. The lowest BCUT2D eigenvalue weighted by molar-refractivity contribution is -0.0537. The summed E-state index contributed by atoms with van der Waals surface area (Å²) in [6.45, 7) is 8.62. The molecule has 0 aliphatic carbocycles. The van der Waals surface area contributed by atoms with Crippen molar-refractivity contribution in [1.82, 2.24) is 4.90 Å². The zero-order valence-electron chi connectivity index (χ0n) is 11.9. The second-order valence-corrected chi connectivity index (χ2v) is 5.65. The minimum atomic E-state index is -0.103. The summed E-state index contributed by atoms with van der Waals surface area (Å²) in [5, 5.41) is 0. The standard InChI is InChI=1S/C16H25NO/c1-4-5-11-17-15(13-18-16(17,2)3)12-14-9-7-6-8-10-14/h6-10,15H,4-5,11-13H2,1-3H3. The summed E-state index contributed by atoms with van der Waals surface area (Å²) in [4.78, 5) is 2.53. The second-order valence-electron chi connectivity index (χ2n) is 5.65. The number of rotatable bonds is 5. The maximum Gasteiger partial charge on any atom is 0.116 e. The van der Waals surface area contributed by atoms with E-state index in [4.69, 9.17) is 4.74 Å². The van der Waals surface area contributed by atoms with E-state index in [-0.39, 0.29) is 5.72 Å². The molecule has 1 aromatic carbocycles. The van der Waals surface area contributed by atoms with Gasteiger partial charge >= 0.3 is 0 Å². The largest absolute Gasteiger partial charge is 0.359 e. The Morgan fingerprint density at radius 1 is 1.28 bits per heavy atom. The van der Waals surface area contributed by atoms with E-state index in [1.54, 1.807) is 0 Å². The van der Waals surface area contributed by atoms with Gasteiger partial charge in [-0.3, -0.25) is 4.90 Å². The predicted molar refractivity (Wildman–Crippen MR) is 75.6 cm³/mol. The van der Waals surface area contributed by atoms with Gasteiger partial charge in [-0.15, -0.1) is 0 Å². The summed E-state index contributed by atoms with van der Waals surface area (Å²) in [6.07, 6.45) is 3.58. The van der Waals surface area contributed by atoms with Crippen molar-refractivity contribution in [3.8, 4) is 0 Å². The number of hydrogen-bond acceptors (Lipinski definition) is 2. The van der Waals surface area contributed by atoms with Crippen molar-refractivity contribution >= 4 is 0 Å². The molecule has 0 radical (unpaired) electrons. The van der Waals surface area contributed by atoms with Crippen molar-refractivity contribution in [1.29, 1.82) is 0 Å². The molecule has 1 aliphatic rings. The molecule has 0 bridgehead atoms. The highest BCUT2D eigenvalue weighted by molar-refractivity contribution is 5.16. The minimum absolute atomic E-state index is 0.103. The average Bonchev–Trinajstić information content (AvgIpc) is 2.64. The molecule has 0 N–H and O–H groups in total. The Kier molecular flexibility index (Phi) is 4.41. The molecule has 2 heteroatoms. The third kappa shape index (κ3) is 3.12. The first kappa shape index (κ1) is 13.6. The van der Waals surface area contributed by atoms with Gasteiger partial charge in [0.15, 0.2) is 0 Å². The van der Waals surface area contributed by atoms with Crippen LogP contribution in [-0.4, -0.2) is 29.8 Å². The lowest BCUT2D eigenvalue weighted by Crippen LogP contribution is -2.45. The van der Waals surface area contributed by atoms with Gasteiger partial charge in [0.25, 0.3) is 0 Å². The summed E-state index contributed by atoms with van der Waals surface area (Å²) in [6, 6.07) is 11.3. The summed E-state index contributed by atoms with van der Waals surface area (Å²) in [7, 11) is 0. The fourth-order valence-electron chi connectivity index (χ4n) is 2.75. The average molecular weight is 247 g/mol. The van der Waals surface area contributed by atoms with E-state index in [9.17, 15) is 0 Å². The molecule has 1 heterocycles. The fraction of sp³-hybridized carbons (Fsp3) is 0.625. The molecule has 18 heavy (non-hydrogen) atoms. The maximum atomic E-state index is 5.96. The quantitative estimate of drug-likeness (QED) is 0.790. The molecule has 0 saturated carbocycles. The highest BCUT2D eigenvalue weighted by Crippen LogP contribution is 2.29. The van der Waals surface area contributed by atoms with E-state index in [0.717, 1.165) is 19.6 Å². The van der Waals surface area contributed by atoms with Crippen molar-refractivity contribution in [2.24, 2.45) is 0 Å². The van der Waals surface area contributed by atoms with Gasteiger partial charge in [0, 0.05) is 12.6 Å². The lowest BCUT2D eigenvalue weighted by Gasteiger charge is -2.33. The van der Waals surface area contributed by atoms with Crippen LogP contribution in [0.3, 0.4) is 0 Å². The Morgan fingerprint density at radius 2 is 2.00 bits per heavy atom. The molecule has 1 aromatic rings. The highest BCUT2D eigenvalue weighted by atomic mass is 16.5. The number of hydrogen-bond donors (Lipinski definition) is 0. The van der Waals surface area contributed by atoms with E-state index in [0.29, 0.717) is 6.04 Å². The second kappa shape index (κ2) is 5.85. The zero-order valence-corrected chi connectivity index (χ0v) is 11.9. The van der Waals surface area contributed by atoms with Gasteiger partial charge < -0.3 is 4.74 Å². The van der Waals surface area contributed by atoms with E-state index >= 15 is 0 Å². The molecule has 2 rings (SSSR count). The summed E-state index contributed by atoms with van der Waals surface area (Å²) < 4.78 is 5.96. The van der Waals surface area contributed by atoms with Gasteiger partial charge in [-0.1, -0.05) is 43.7 Å².